The highest BCUT2D eigenvalue weighted by molar-refractivity contribution is 14.1. The molecule has 0 aromatic heterocycles. The molecule has 0 saturated carbocycles. The predicted molar refractivity (Wildman–Crippen MR) is 48.0 cm³/mol. The molecule has 54 valence electrons. The quantitative estimate of drug-likeness (QED) is 0.312. The van der Waals surface area contributed by atoms with Crippen LogP contribution in [0.5, 0.6) is 0 Å². The SMILES string of the molecule is CC(I)CCCCC=O. The van der Waals surface area contributed by atoms with E-state index in [1.165, 1.54) is 12.8 Å². The maximum absolute atomic E-state index is 9.85. The minimum Gasteiger partial charge on any atom is -0.303 e. The zero-order valence-corrected chi connectivity index (χ0v) is 7.93. The molecule has 0 aromatic rings. The molecule has 0 N–H and O–H groups in total. The summed E-state index contributed by atoms with van der Waals surface area (Å²) < 4.78 is 0.759. The van der Waals surface area contributed by atoms with Crippen LogP contribution < -0.4 is 0 Å². The fraction of sp³-hybridized carbons (Fsp3) is 0.857. The topological polar surface area (TPSA) is 17.1 Å². The van der Waals surface area contributed by atoms with Crippen molar-refractivity contribution in [1.82, 2.24) is 0 Å². The van der Waals surface area contributed by atoms with Gasteiger partial charge < -0.3 is 4.79 Å². The monoisotopic (exact) mass is 240 g/mol. The highest BCUT2D eigenvalue weighted by Gasteiger charge is 1.93. The van der Waals surface area contributed by atoms with Crippen LogP contribution in [0.25, 0.3) is 0 Å². The lowest BCUT2D eigenvalue weighted by Crippen LogP contribution is -1.88. The van der Waals surface area contributed by atoms with Crippen molar-refractivity contribution in [2.45, 2.75) is 36.5 Å². The first-order chi connectivity index (χ1) is 4.27. The van der Waals surface area contributed by atoms with Crippen molar-refractivity contribution < 1.29 is 4.79 Å². The van der Waals surface area contributed by atoms with E-state index in [9.17, 15) is 4.79 Å². The van der Waals surface area contributed by atoms with Crippen LogP contribution in [0.15, 0.2) is 0 Å². The van der Waals surface area contributed by atoms with Gasteiger partial charge in [0.2, 0.25) is 0 Å². The molecular weight excluding hydrogens is 227 g/mol. The fourth-order valence-electron chi connectivity index (χ4n) is 0.653. The van der Waals surface area contributed by atoms with Crippen LogP contribution in [0.1, 0.15) is 32.6 Å². The van der Waals surface area contributed by atoms with Gasteiger partial charge >= 0.3 is 0 Å². The summed E-state index contributed by atoms with van der Waals surface area (Å²) >= 11 is 2.41. The molecule has 0 saturated heterocycles. The smallest absolute Gasteiger partial charge is 0.119 e. The second kappa shape index (κ2) is 6.52. The zero-order chi connectivity index (χ0) is 7.11. The molecule has 0 spiro atoms. The van der Waals surface area contributed by atoms with Crippen LogP contribution >= 0.6 is 22.6 Å². The van der Waals surface area contributed by atoms with Gasteiger partial charge in [-0.2, -0.15) is 0 Å². The summed E-state index contributed by atoms with van der Waals surface area (Å²) in [5, 5.41) is 0. The van der Waals surface area contributed by atoms with Crippen molar-refractivity contribution in [1.29, 1.82) is 0 Å². The van der Waals surface area contributed by atoms with Crippen molar-refractivity contribution in [3.05, 3.63) is 0 Å². The van der Waals surface area contributed by atoms with Gasteiger partial charge in [0.05, 0.1) is 0 Å². The summed E-state index contributed by atoms with van der Waals surface area (Å²) in [4.78, 5) is 9.85. The first-order valence-electron chi connectivity index (χ1n) is 3.35. The number of halogens is 1. The second-order valence-electron chi connectivity index (χ2n) is 2.23. The molecule has 0 aliphatic carbocycles. The molecule has 0 aliphatic rings. The third-order valence-corrected chi connectivity index (χ3v) is 1.80. The summed E-state index contributed by atoms with van der Waals surface area (Å²) in [5.74, 6) is 0. The Labute approximate surface area is 70.4 Å². The Balaban J connectivity index is 2.82. The van der Waals surface area contributed by atoms with E-state index in [-0.39, 0.29) is 0 Å². The Morgan fingerprint density at radius 1 is 1.56 bits per heavy atom. The molecule has 1 unspecified atom stereocenters. The van der Waals surface area contributed by atoms with E-state index in [0.717, 1.165) is 23.1 Å². The third-order valence-electron chi connectivity index (χ3n) is 1.17. The van der Waals surface area contributed by atoms with E-state index in [1.54, 1.807) is 0 Å². The van der Waals surface area contributed by atoms with Gasteiger partial charge in [0, 0.05) is 10.3 Å². The number of carbonyl (C=O) groups excluding carboxylic acids is 1. The molecule has 0 heterocycles. The number of alkyl halides is 1. The van der Waals surface area contributed by atoms with Crippen LogP contribution in [0.4, 0.5) is 0 Å². The number of unbranched alkanes of at least 4 members (excludes halogenated alkanes) is 2. The van der Waals surface area contributed by atoms with Gasteiger partial charge in [0.1, 0.15) is 6.29 Å². The van der Waals surface area contributed by atoms with E-state index in [2.05, 4.69) is 29.5 Å². The van der Waals surface area contributed by atoms with Crippen LogP contribution in [0.2, 0.25) is 0 Å². The van der Waals surface area contributed by atoms with Crippen molar-refractivity contribution in [3.63, 3.8) is 0 Å². The van der Waals surface area contributed by atoms with E-state index in [4.69, 9.17) is 0 Å². The molecule has 0 aromatic carbocycles. The average Bonchev–Trinajstić information content (AvgIpc) is 1.80. The van der Waals surface area contributed by atoms with Crippen molar-refractivity contribution in [2.75, 3.05) is 0 Å². The first-order valence-corrected chi connectivity index (χ1v) is 4.59. The van der Waals surface area contributed by atoms with Gasteiger partial charge in [-0.3, -0.25) is 0 Å². The third kappa shape index (κ3) is 8.40. The maximum Gasteiger partial charge on any atom is 0.119 e. The molecule has 0 bridgehead atoms. The minimum atomic E-state index is 0.739. The van der Waals surface area contributed by atoms with Crippen molar-refractivity contribution >= 4 is 28.9 Å². The van der Waals surface area contributed by atoms with Crippen LogP contribution in [0, 0.1) is 0 Å². The molecule has 0 radical (unpaired) electrons. The van der Waals surface area contributed by atoms with E-state index >= 15 is 0 Å². The Bertz CT molecular complexity index is 71.3. The summed E-state index contributed by atoms with van der Waals surface area (Å²) in [5.41, 5.74) is 0. The van der Waals surface area contributed by atoms with Crippen LogP contribution in [0.3, 0.4) is 0 Å². The van der Waals surface area contributed by atoms with Crippen LogP contribution in [-0.4, -0.2) is 10.2 Å². The Morgan fingerprint density at radius 2 is 2.22 bits per heavy atom. The van der Waals surface area contributed by atoms with Gasteiger partial charge in [-0.25, -0.2) is 0 Å². The van der Waals surface area contributed by atoms with E-state index in [1.807, 2.05) is 0 Å². The van der Waals surface area contributed by atoms with E-state index in [0.29, 0.717) is 0 Å². The standard InChI is InChI=1S/C7H13IO/c1-7(8)5-3-2-4-6-9/h6-7H,2-5H2,1H3. The minimum absolute atomic E-state index is 0.739. The lowest BCUT2D eigenvalue weighted by molar-refractivity contribution is -0.107. The van der Waals surface area contributed by atoms with Crippen LogP contribution in [-0.2, 0) is 4.79 Å². The molecule has 1 atom stereocenters. The Hall–Kier alpha value is 0.400. The number of aldehydes is 1. The highest BCUT2D eigenvalue weighted by atomic mass is 127. The van der Waals surface area contributed by atoms with Gasteiger partial charge in [-0.1, -0.05) is 35.9 Å². The van der Waals surface area contributed by atoms with Crippen molar-refractivity contribution in [3.8, 4) is 0 Å². The summed E-state index contributed by atoms with van der Waals surface area (Å²) in [6, 6.07) is 0. The summed E-state index contributed by atoms with van der Waals surface area (Å²) in [6.45, 7) is 2.20. The van der Waals surface area contributed by atoms with Gasteiger partial charge in [-0.15, -0.1) is 0 Å². The molecule has 0 fully saturated rings. The lowest BCUT2D eigenvalue weighted by Gasteiger charge is -1.98. The number of hydrogen-bond acceptors (Lipinski definition) is 1. The molecule has 2 heteroatoms. The predicted octanol–water partition coefficient (Wildman–Crippen LogP) is 2.57. The molecular formula is C7H13IO. The molecule has 0 rings (SSSR count). The Morgan fingerprint density at radius 3 is 2.67 bits per heavy atom. The number of rotatable bonds is 5. The molecule has 0 aliphatic heterocycles. The zero-order valence-electron chi connectivity index (χ0n) is 5.77. The normalized spacial score (nSPS) is 13.1. The lowest BCUT2D eigenvalue weighted by atomic mass is 10.2. The summed E-state index contributed by atoms with van der Waals surface area (Å²) in [6.07, 6.45) is 5.25. The first kappa shape index (κ1) is 9.40. The Kier molecular flexibility index (Phi) is 6.81. The highest BCUT2D eigenvalue weighted by Crippen LogP contribution is 2.09. The van der Waals surface area contributed by atoms with Gasteiger partial charge in [-0.05, 0) is 12.8 Å². The van der Waals surface area contributed by atoms with Crippen molar-refractivity contribution in [2.24, 2.45) is 0 Å². The molecule has 1 nitrogen and oxygen atoms in total. The number of hydrogen-bond donors (Lipinski definition) is 0. The van der Waals surface area contributed by atoms with Gasteiger partial charge in [0.25, 0.3) is 0 Å². The van der Waals surface area contributed by atoms with Gasteiger partial charge in [0.15, 0.2) is 0 Å². The fourth-order valence-corrected chi connectivity index (χ4v) is 1.09. The summed E-state index contributed by atoms with van der Waals surface area (Å²) in [7, 11) is 0. The second-order valence-corrected chi connectivity index (χ2v) is 4.36. The molecule has 0 amide bonds. The average molecular weight is 240 g/mol. The number of carbonyl (C=O) groups is 1. The largest absolute Gasteiger partial charge is 0.303 e. The molecule has 9 heavy (non-hydrogen) atoms. The maximum atomic E-state index is 9.85. The van der Waals surface area contributed by atoms with E-state index < -0.39 is 0 Å².